The van der Waals surface area contributed by atoms with E-state index in [1.165, 1.54) is 0 Å². The van der Waals surface area contributed by atoms with Crippen molar-refractivity contribution in [3.05, 3.63) is 22.2 Å². The highest BCUT2D eigenvalue weighted by molar-refractivity contribution is 6.33. The number of fused-ring (bicyclic) bond motifs is 1. The first kappa shape index (κ1) is 14.0. The van der Waals surface area contributed by atoms with Gasteiger partial charge in [0.05, 0.1) is 5.02 Å². The summed E-state index contributed by atoms with van der Waals surface area (Å²) >= 11 is 6.25. The lowest BCUT2D eigenvalue weighted by Gasteiger charge is -2.24. The maximum atomic E-state index is 10.6. The number of nitrogens with two attached hydrogens (primary N) is 1. The van der Waals surface area contributed by atoms with Crippen LogP contribution in [0.4, 0.5) is 0 Å². The van der Waals surface area contributed by atoms with E-state index in [4.69, 9.17) is 31.9 Å². The van der Waals surface area contributed by atoms with Gasteiger partial charge in [0.2, 0.25) is 0 Å². The molecule has 1 aliphatic heterocycles. The summed E-state index contributed by atoms with van der Waals surface area (Å²) in [7, 11) is 0. The molecule has 1 aromatic carbocycles. The molecule has 2 rings (SSSR count). The second-order valence-corrected chi connectivity index (χ2v) is 4.85. The average molecular weight is 286 g/mol. The summed E-state index contributed by atoms with van der Waals surface area (Å²) in [5.41, 5.74) is 7.64. The van der Waals surface area contributed by atoms with Crippen LogP contribution in [0.1, 0.15) is 30.0 Å². The van der Waals surface area contributed by atoms with Crippen molar-refractivity contribution in [3.8, 4) is 11.5 Å². The Morgan fingerprint density at radius 1 is 1.53 bits per heavy atom. The molecule has 0 spiro atoms. The molecule has 1 heterocycles. The molecule has 0 amide bonds. The maximum absolute atomic E-state index is 10.6. The third kappa shape index (κ3) is 2.93. The minimum absolute atomic E-state index is 0.0205. The highest BCUT2D eigenvalue weighted by atomic mass is 35.5. The molecule has 0 saturated heterocycles. The van der Waals surface area contributed by atoms with Crippen molar-refractivity contribution >= 4 is 17.6 Å². The Morgan fingerprint density at radius 3 is 2.89 bits per heavy atom. The molecule has 3 N–H and O–H groups in total. The van der Waals surface area contributed by atoms with E-state index in [9.17, 15) is 4.79 Å². The minimum Gasteiger partial charge on any atom is -0.486 e. The van der Waals surface area contributed by atoms with Gasteiger partial charge in [-0.25, -0.2) is 0 Å². The molecule has 1 aliphatic rings. The normalized spacial score (nSPS) is 15.1. The van der Waals surface area contributed by atoms with Crippen molar-refractivity contribution in [2.75, 3.05) is 13.2 Å². The van der Waals surface area contributed by atoms with E-state index in [0.29, 0.717) is 36.2 Å². The fraction of sp³-hybridized carbons (Fsp3) is 0.462. The van der Waals surface area contributed by atoms with E-state index < -0.39 is 5.97 Å². The Morgan fingerprint density at radius 2 is 2.21 bits per heavy atom. The zero-order valence-corrected chi connectivity index (χ0v) is 11.4. The second kappa shape index (κ2) is 5.67. The van der Waals surface area contributed by atoms with Gasteiger partial charge in [0, 0.05) is 12.5 Å². The van der Waals surface area contributed by atoms with E-state index in [1.807, 2.05) is 6.92 Å². The fourth-order valence-corrected chi connectivity index (χ4v) is 2.33. The molecule has 1 atom stereocenters. The number of hydrogen-bond acceptors (Lipinski definition) is 4. The van der Waals surface area contributed by atoms with Gasteiger partial charge < -0.3 is 20.3 Å². The minimum atomic E-state index is -0.864. The largest absolute Gasteiger partial charge is 0.486 e. The third-order valence-electron chi connectivity index (χ3n) is 3.13. The fourth-order valence-electron chi connectivity index (χ4n) is 2.08. The van der Waals surface area contributed by atoms with E-state index in [-0.39, 0.29) is 12.5 Å². The molecule has 19 heavy (non-hydrogen) atoms. The number of carbonyl (C=O) groups is 1. The van der Waals surface area contributed by atoms with Gasteiger partial charge in [-0.3, -0.25) is 4.79 Å². The molecule has 0 aliphatic carbocycles. The van der Waals surface area contributed by atoms with Gasteiger partial charge in [-0.15, -0.1) is 0 Å². The number of carboxylic acid groups (broad SMARTS) is 1. The van der Waals surface area contributed by atoms with Crippen LogP contribution in [-0.4, -0.2) is 24.3 Å². The van der Waals surface area contributed by atoms with Crippen LogP contribution in [0.2, 0.25) is 5.02 Å². The van der Waals surface area contributed by atoms with Gasteiger partial charge in [-0.05, 0) is 30.5 Å². The summed E-state index contributed by atoms with van der Waals surface area (Å²) < 4.78 is 11.0. The molecule has 0 radical (unpaired) electrons. The lowest BCUT2D eigenvalue weighted by molar-refractivity contribution is -0.137. The molecule has 104 valence electrons. The first-order valence-corrected chi connectivity index (χ1v) is 6.44. The standard InChI is InChI=1S/C13H16ClNO4/c1-7-8(9(15)2-3-11(16)17)6-10-13(12(7)14)19-5-4-18-10/h6,9H,2-5,15H2,1H3,(H,16,17). The van der Waals surface area contributed by atoms with Crippen molar-refractivity contribution in [1.82, 2.24) is 0 Å². The van der Waals surface area contributed by atoms with Crippen molar-refractivity contribution in [2.24, 2.45) is 5.73 Å². The Bertz CT molecular complexity index is 504. The first-order chi connectivity index (χ1) is 9.00. The maximum Gasteiger partial charge on any atom is 0.303 e. The van der Waals surface area contributed by atoms with Crippen LogP contribution in [0, 0.1) is 6.92 Å². The molecule has 5 nitrogen and oxygen atoms in total. The monoisotopic (exact) mass is 285 g/mol. The van der Waals surface area contributed by atoms with Crippen LogP contribution < -0.4 is 15.2 Å². The number of benzene rings is 1. The summed E-state index contributed by atoms with van der Waals surface area (Å²) in [5, 5.41) is 9.18. The summed E-state index contributed by atoms with van der Waals surface area (Å²) in [6.45, 7) is 2.78. The number of carboxylic acids is 1. The topological polar surface area (TPSA) is 81.8 Å². The summed E-state index contributed by atoms with van der Waals surface area (Å²) in [6.07, 6.45) is 0.374. The van der Waals surface area contributed by atoms with Crippen LogP contribution >= 0.6 is 11.6 Å². The van der Waals surface area contributed by atoms with E-state index in [2.05, 4.69) is 0 Å². The van der Waals surface area contributed by atoms with Crippen molar-refractivity contribution < 1.29 is 19.4 Å². The SMILES string of the molecule is Cc1c(C(N)CCC(=O)O)cc2c(c1Cl)OCCO2. The first-order valence-electron chi connectivity index (χ1n) is 6.06. The van der Waals surface area contributed by atoms with Crippen LogP contribution in [0.5, 0.6) is 11.5 Å². The lowest BCUT2D eigenvalue weighted by atomic mass is 9.97. The molecule has 0 aromatic heterocycles. The Kier molecular flexibility index (Phi) is 4.17. The van der Waals surface area contributed by atoms with E-state index in [1.54, 1.807) is 6.07 Å². The van der Waals surface area contributed by atoms with Gasteiger partial charge in [-0.1, -0.05) is 11.6 Å². The van der Waals surface area contributed by atoms with Gasteiger partial charge in [-0.2, -0.15) is 0 Å². The number of halogens is 1. The highest BCUT2D eigenvalue weighted by Crippen LogP contribution is 2.42. The van der Waals surface area contributed by atoms with Gasteiger partial charge in [0.1, 0.15) is 13.2 Å². The zero-order chi connectivity index (χ0) is 14.0. The smallest absolute Gasteiger partial charge is 0.303 e. The molecule has 1 unspecified atom stereocenters. The molecule has 0 fully saturated rings. The summed E-state index contributed by atoms with van der Waals surface area (Å²) in [4.78, 5) is 10.6. The molecule has 0 bridgehead atoms. The number of aliphatic carboxylic acids is 1. The molecule has 6 heteroatoms. The molecule has 1 aromatic rings. The van der Waals surface area contributed by atoms with Crippen LogP contribution in [-0.2, 0) is 4.79 Å². The van der Waals surface area contributed by atoms with Gasteiger partial charge in [0.25, 0.3) is 0 Å². The lowest BCUT2D eigenvalue weighted by Crippen LogP contribution is -2.18. The molecule has 0 saturated carbocycles. The Hall–Kier alpha value is -1.46. The van der Waals surface area contributed by atoms with E-state index in [0.717, 1.165) is 11.1 Å². The average Bonchev–Trinajstić information content (AvgIpc) is 2.40. The summed E-state index contributed by atoms with van der Waals surface area (Å²) in [5.74, 6) is 0.249. The second-order valence-electron chi connectivity index (χ2n) is 4.47. The highest BCUT2D eigenvalue weighted by Gasteiger charge is 2.22. The zero-order valence-electron chi connectivity index (χ0n) is 10.6. The van der Waals surface area contributed by atoms with Gasteiger partial charge >= 0.3 is 5.97 Å². The predicted octanol–water partition coefficient (Wildman–Crippen LogP) is 2.28. The predicted molar refractivity (Wildman–Crippen MR) is 71.0 cm³/mol. The van der Waals surface area contributed by atoms with Crippen molar-refractivity contribution in [2.45, 2.75) is 25.8 Å². The van der Waals surface area contributed by atoms with Crippen LogP contribution in [0.3, 0.4) is 0 Å². The number of ether oxygens (including phenoxy) is 2. The van der Waals surface area contributed by atoms with Crippen molar-refractivity contribution in [1.29, 1.82) is 0 Å². The molecular weight excluding hydrogens is 270 g/mol. The number of rotatable bonds is 4. The quantitative estimate of drug-likeness (QED) is 0.887. The third-order valence-corrected chi connectivity index (χ3v) is 3.58. The van der Waals surface area contributed by atoms with Crippen LogP contribution in [0.15, 0.2) is 6.07 Å². The Labute approximate surface area is 116 Å². The van der Waals surface area contributed by atoms with Crippen LogP contribution in [0.25, 0.3) is 0 Å². The van der Waals surface area contributed by atoms with E-state index >= 15 is 0 Å². The van der Waals surface area contributed by atoms with Crippen molar-refractivity contribution in [3.63, 3.8) is 0 Å². The number of hydrogen-bond donors (Lipinski definition) is 2. The Balaban J connectivity index is 2.30. The summed E-state index contributed by atoms with van der Waals surface area (Å²) in [6, 6.07) is 1.41. The molecular formula is C13H16ClNO4. The van der Waals surface area contributed by atoms with Gasteiger partial charge in [0.15, 0.2) is 11.5 Å².